The maximum absolute atomic E-state index is 11.6. The molecule has 0 aliphatic heterocycles. The van der Waals surface area contributed by atoms with E-state index in [1.54, 1.807) is 6.07 Å². The summed E-state index contributed by atoms with van der Waals surface area (Å²) in [4.78, 5) is 19.7. The summed E-state index contributed by atoms with van der Waals surface area (Å²) in [6.45, 7) is 1.87. The van der Waals surface area contributed by atoms with Gasteiger partial charge in [-0.15, -0.1) is 0 Å². The molecule has 0 aromatic carbocycles. The molecule has 0 unspecified atom stereocenters. The Bertz CT molecular complexity index is 426. The lowest BCUT2D eigenvalue weighted by atomic mass is 9.90. The maximum Gasteiger partial charge on any atom is 0.329 e. The first-order valence-electron chi connectivity index (χ1n) is 6.43. The Kier molecular flexibility index (Phi) is 3.79. The molecule has 1 fully saturated rings. The van der Waals surface area contributed by atoms with Crippen molar-refractivity contribution in [1.82, 2.24) is 9.97 Å². The van der Waals surface area contributed by atoms with E-state index in [2.05, 4.69) is 15.3 Å². The molecule has 0 atom stereocenters. The van der Waals surface area contributed by atoms with Crippen LogP contribution >= 0.6 is 0 Å². The van der Waals surface area contributed by atoms with Crippen molar-refractivity contribution < 1.29 is 9.90 Å². The van der Waals surface area contributed by atoms with Crippen LogP contribution in [-0.2, 0) is 4.79 Å². The molecule has 1 aliphatic carbocycles. The Balaban J connectivity index is 2.22. The standard InChI is InChI=1S/C13H19N3O2/c1-10-8-11(15-9-14-10)16-13(12(17)18)6-4-2-3-5-7-13/h8-9H,2-7H2,1H3,(H,17,18)(H,14,15,16). The fourth-order valence-electron chi connectivity index (χ4n) is 2.49. The number of carboxylic acids is 1. The van der Waals surface area contributed by atoms with Gasteiger partial charge >= 0.3 is 5.97 Å². The number of rotatable bonds is 3. The number of nitrogens with zero attached hydrogens (tertiary/aromatic N) is 2. The van der Waals surface area contributed by atoms with Crippen LogP contribution in [0.15, 0.2) is 12.4 Å². The zero-order chi connectivity index (χ0) is 13.0. The van der Waals surface area contributed by atoms with Gasteiger partial charge in [-0.3, -0.25) is 0 Å². The molecule has 1 saturated carbocycles. The summed E-state index contributed by atoms with van der Waals surface area (Å²) in [6, 6.07) is 1.79. The Morgan fingerprint density at radius 2 is 1.94 bits per heavy atom. The number of hydrogen-bond donors (Lipinski definition) is 2. The smallest absolute Gasteiger partial charge is 0.329 e. The fourth-order valence-corrected chi connectivity index (χ4v) is 2.49. The number of hydrogen-bond acceptors (Lipinski definition) is 4. The van der Waals surface area contributed by atoms with E-state index in [0.717, 1.165) is 31.4 Å². The van der Waals surface area contributed by atoms with E-state index >= 15 is 0 Å². The lowest BCUT2D eigenvalue weighted by Crippen LogP contribution is -2.46. The highest BCUT2D eigenvalue weighted by Gasteiger charge is 2.38. The van der Waals surface area contributed by atoms with Crippen LogP contribution in [0.2, 0.25) is 0 Å². The molecule has 2 rings (SSSR count). The molecule has 5 nitrogen and oxygen atoms in total. The molecular formula is C13H19N3O2. The summed E-state index contributed by atoms with van der Waals surface area (Å²) in [5, 5.41) is 12.7. The van der Waals surface area contributed by atoms with Gasteiger partial charge in [-0.05, 0) is 19.8 Å². The van der Waals surface area contributed by atoms with Crippen molar-refractivity contribution in [3.05, 3.63) is 18.1 Å². The Morgan fingerprint density at radius 1 is 1.28 bits per heavy atom. The van der Waals surface area contributed by atoms with Gasteiger partial charge in [0.2, 0.25) is 0 Å². The SMILES string of the molecule is Cc1cc(NC2(C(=O)O)CCCCCC2)ncn1. The summed E-state index contributed by atoms with van der Waals surface area (Å²) in [7, 11) is 0. The number of anilines is 1. The minimum absolute atomic E-state index is 0.604. The lowest BCUT2D eigenvalue weighted by molar-refractivity contribution is -0.142. The fraction of sp³-hybridized carbons (Fsp3) is 0.615. The average molecular weight is 249 g/mol. The lowest BCUT2D eigenvalue weighted by Gasteiger charge is -2.29. The third kappa shape index (κ3) is 2.78. The molecule has 2 N–H and O–H groups in total. The Labute approximate surface area is 107 Å². The van der Waals surface area contributed by atoms with E-state index in [-0.39, 0.29) is 0 Å². The molecule has 0 spiro atoms. The van der Waals surface area contributed by atoms with Crippen LogP contribution in [0.3, 0.4) is 0 Å². The molecule has 0 radical (unpaired) electrons. The van der Waals surface area contributed by atoms with Gasteiger partial charge in [-0.2, -0.15) is 0 Å². The number of aryl methyl sites for hydroxylation is 1. The highest BCUT2D eigenvalue weighted by Crippen LogP contribution is 2.30. The molecule has 1 aromatic rings. The highest BCUT2D eigenvalue weighted by atomic mass is 16.4. The van der Waals surface area contributed by atoms with Crippen molar-refractivity contribution in [3.63, 3.8) is 0 Å². The average Bonchev–Trinajstić information content (AvgIpc) is 2.55. The van der Waals surface area contributed by atoms with Crippen LogP contribution in [0, 0.1) is 6.92 Å². The van der Waals surface area contributed by atoms with E-state index in [0.29, 0.717) is 18.7 Å². The molecule has 18 heavy (non-hydrogen) atoms. The van der Waals surface area contributed by atoms with Gasteiger partial charge in [0.25, 0.3) is 0 Å². The summed E-state index contributed by atoms with van der Waals surface area (Å²) in [5.41, 5.74) is -0.0289. The van der Waals surface area contributed by atoms with Crippen LogP contribution in [0.25, 0.3) is 0 Å². The first-order valence-corrected chi connectivity index (χ1v) is 6.43. The van der Waals surface area contributed by atoms with Crippen molar-refractivity contribution in [2.75, 3.05) is 5.32 Å². The Morgan fingerprint density at radius 3 is 2.50 bits per heavy atom. The summed E-state index contributed by atoms with van der Waals surface area (Å²) >= 11 is 0. The van der Waals surface area contributed by atoms with Crippen LogP contribution in [0.4, 0.5) is 5.82 Å². The van der Waals surface area contributed by atoms with Gasteiger partial charge < -0.3 is 10.4 Å². The van der Waals surface area contributed by atoms with Gasteiger partial charge in [0, 0.05) is 11.8 Å². The topological polar surface area (TPSA) is 75.1 Å². The van der Waals surface area contributed by atoms with Gasteiger partial charge in [0.1, 0.15) is 17.7 Å². The molecule has 1 heterocycles. The second-order valence-corrected chi connectivity index (χ2v) is 4.97. The third-order valence-electron chi connectivity index (χ3n) is 3.54. The van der Waals surface area contributed by atoms with Crippen molar-refractivity contribution in [1.29, 1.82) is 0 Å². The minimum Gasteiger partial charge on any atom is -0.480 e. The molecule has 5 heteroatoms. The van der Waals surface area contributed by atoms with Crippen molar-refractivity contribution in [2.24, 2.45) is 0 Å². The van der Waals surface area contributed by atoms with E-state index in [1.807, 2.05) is 6.92 Å². The predicted octanol–water partition coefficient (Wildman–Crippen LogP) is 2.37. The predicted molar refractivity (Wildman–Crippen MR) is 68.5 cm³/mol. The van der Waals surface area contributed by atoms with Crippen LogP contribution in [0.5, 0.6) is 0 Å². The maximum atomic E-state index is 11.6. The minimum atomic E-state index is -0.864. The first kappa shape index (κ1) is 12.8. The van der Waals surface area contributed by atoms with Crippen molar-refractivity contribution >= 4 is 11.8 Å². The number of aliphatic carboxylic acids is 1. The molecule has 0 amide bonds. The van der Waals surface area contributed by atoms with Gasteiger partial charge in [0.05, 0.1) is 0 Å². The summed E-state index contributed by atoms with van der Waals surface area (Å²) < 4.78 is 0. The van der Waals surface area contributed by atoms with E-state index in [9.17, 15) is 9.90 Å². The number of aromatic nitrogens is 2. The largest absolute Gasteiger partial charge is 0.480 e. The number of carboxylic acid groups (broad SMARTS) is 1. The molecule has 0 saturated heterocycles. The zero-order valence-electron chi connectivity index (χ0n) is 10.6. The summed E-state index contributed by atoms with van der Waals surface area (Å²) in [6.07, 6.45) is 6.90. The van der Waals surface area contributed by atoms with E-state index < -0.39 is 11.5 Å². The molecular weight excluding hydrogens is 230 g/mol. The second kappa shape index (κ2) is 5.33. The quantitative estimate of drug-likeness (QED) is 0.804. The zero-order valence-corrected chi connectivity index (χ0v) is 10.6. The van der Waals surface area contributed by atoms with Gasteiger partial charge in [0.15, 0.2) is 0 Å². The van der Waals surface area contributed by atoms with Gasteiger partial charge in [-0.1, -0.05) is 25.7 Å². The molecule has 98 valence electrons. The first-order chi connectivity index (χ1) is 8.62. The van der Waals surface area contributed by atoms with Gasteiger partial charge in [-0.25, -0.2) is 14.8 Å². The van der Waals surface area contributed by atoms with E-state index in [4.69, 9.17) is 0 Å². The number of carbonyl (C=O) groups is 1. The monoisotopic (exact) mass is 249 g/mol. The normalized spacial score (nSPS) is 18.9. The summed E-state index contributed by atoms with van der Waals surface area (Å²) in [5.74, 6) is -0.174. The number of nitrogens with one attached hydrogen (secondary N) is 1. The second-order valence-electron chi connectivity index (χ2n) is 4.97. The van der Waals surface area contributed by atoms with Crippen LogP contribution < -0.4 is 5.32 Å². The van der Waals surface area contributed by atoms with Crippen LogP contribution in [-0.4, -0.2) is 26.6 Å². The Hall–Kier alpha value is -1.65. The molecule has 0 bridgehead atoms. The highest BCUT2D eigenvalue weighted by molar-refractivity contribution is 5.82. The van der Waals surface area contributed by atoms with Crippen LogP contribution in [0.1, 0.15) is 44.2 Å². The third-order valence-corrected chi connectivity index (χ3v) is 3.54. The molecule has 1 aromatic heterocycles. The van der Waals surface area contributed by atoms with Crippen molar-refractivity contribution in [2.45, 2.75) is 51.0 Å². The van der Waals surface area contributed by atoms with E-state index in [1.165, 1.54) is 6.33 Å². The van der Waals surface area contributed by atoms with Crippen molar-refractivity contribution in [3.8, 4) is 0 Å². The molecule has 1 aliphatic rings.